The molecule has 0 aromatic rings. The summed E-state index contributed by atoms with van der Waals surface area (Å²) in [5.74, 6) is -0.578. The third kappa shape index (κ3) is 16.2. The molecule has 0 aromatic carbocycles. The van der Waals surface area contributed by atoms with Gasteiger partial charge >= 0.3 is 11.9 Å². The zero-order chi connectivity index (χ0) is 22.9. The maximum Gasteiger partial charge on any atom is 0.302 e. The van der Waals surface area contributed by atoms with Gasteiger partial charge in [0.05, 0.1) is 6.04 Å². The molecular formula is C23H43NO6. The summed E-state index contributed by atoms with van der Waals surface area (Å²) in [7, 11) is 0. The van der Waals surface area contributed by atoms with E-state index in [2.05, 4.69) is 19.2 Å². The van der Waals surface area contributed by atoms with Gasteiger partial charge in [-0.1, -0.05) is 65.2 Å². The van der Waals surface area contributed by atoms with E-state index in [0.29, 0.717) is 6.42 Å². The summed E-state index contributed by atoms with van der Waals surface area (Å²) in [5.41, 5.74) is 0. The molecule has 2 N–H and O–H groups in total. The first-order valence-electron chi connectivity index (χ1n) is 11.4. The predicted octanol–water partition coefficient (Wildman–Crippen LogP) is 3.90. The number of esters is 2. The van der Waals surface area contributed by atoms with Gasteiger partial charge in [-0.05, 0) is 18.8 Å². The van der Waals surface area contributed by atoms with Crippen LogP contribution in [0, 0.1) is 5.92 Å². The lowest BCUT2D eigenvalue weighted by atomic mass is 9.99. The van der Waals surface area contributed by atoms with Gasteiger partial charge in [0, 0.05) is 20.8 Å². The molecule has 0 rings (SSSR count). The molecule has 3 atom stereocenters. The van der Waals surface area contributed by atoms with Crippen LogP contribution in [-0.2, 0) is 23.9 Å². The van der Waals surface area contributed by atoms with E-state index < -0.39 is 30.2 Å². The number of nitrogens with one attached hydrogen (secondary N) is 1. The minimum atomic E-state index is -1.15. The summed E-state index contributed by atoms with van der Waals surface area (Å²) in [5, 5.41) is 13.2. The van der Waals surface area contributed by atoms with E-state index in [-0.39, 0.29) is 12.5 Å². The molecule has 0 fully saturated rings. The first kappa shape index (κ1) is 28.4. The lowest BCUT2D eigenvalue weighted by Crippen LogP contribution is -2.51. The van der Waals surface area contributed by atoms with E-state index in [1.807, 2.05) is 0 Å². The van der Waals surface area contributed by atoms with Crippen molar-refractivity contribution in [3.8, 4) is 0 Å². The fraction of sp³-hybridized carbons (Fsp3) is 0.870. The highest BCUT2D eigenvalue weighted by molar-refractivity contribution is 5.73. The molecule has 0 bridgehead atoms. The van der Waals surface area contributed by atoms with Crippen molar-refractivity contribution in [2.75, 3.05) is 6.61 Å². The molecule has 0 radical (unpaired) electrons. The van der Waals surface area contributed by atoms with E-state index in [9.17, 15) is 19.5 Å². The Hall–Kier alpha value is -1.63. The van der Waals surface area contributed by atoms with Crippen molar-refractivity contribution in [2.45, 2.75) is 117 Å². The quantitative estimate of drug-likeness (QED) is 0.268. The molecule has 0 saturated heterocycles. The second kappa shape index (κ2) is 17.1. The fourth-order valence-corrected chi connectivity index (χ4v) is 3.42. The van der Waals surface area contributed by atoms with Gasteiger partial charge in [-0.2, -0.15) is 0 Å². The highest BCUT2D eigenvalue weighted by Gasteiger charge is 2.31. The van der Waals surface area contributed by atoms with Crippen LogP contribution in [0.5, 0.6) is 0 Å². The zero-order valence-corrected chi connectivity index (χ0v) is 19.6. The number of ether oxygens (including phenoxy) is 2. The fourth-order valence-electron chi connectivity index (χ4n) is 3.42. The van der Waals surface area contributed by atoms with Crippen LogP contribution in [-0.4, -0.2) is 47.8 Å². The van der Waals surface area contributed by atoms with Gasteiger partial charge in [0.2, 0.25) is 5.91 Å². The van der Waals surface area contributed by atoms with Gasteiger partial charge in [-0.15, -0.1) is 0 Å². The number of aliphatic hydroxyl groups excluding tert-OH is 1. The van der Waals surface area contributed by atoms with E-state index in [0.717, 1.165) is 25.2 Å². The lowest BCUT2D eigenvalue weighted by molar-refractivity contribution is -0.157. The Morgan fingerprint density at radius 1 is 0.800 bits per heavy atom. The first-order chi connectivity index (χ1) is 14.1. The summed E-state index contributed by atoms with van der Waals surface area (Å²) < 4.78 is 10.2. The molecule has 0 spiro atoms. The van der Waals surface area contributed by atoms with Gasteiger partial charge in [0.25, 0.3) is 0 Å². The minimum Gasteiger partial charge on any atom is -0.464 e. The van der Waals surface area contributed by atoms with Crippen LogP contribution >= 0.6 is 0 Å². The second-order valence-corrected chi connectivity index (χ2v) is 8.55. The number of carbonyl (C=O) groups is 3. The number of aliphatic hydroxyl groups is 1. The Morgan fingerprint density at radius 2 is 1.30 bits per heavy atom. The predicted molar refractivity (Wildman–Crippen MR) is 117 cm³/mol. The normalized spacial score (nSPS) is 14.1. The lowest BCUT2D eigenvalue weighted by Gasteiger charge is -2.29. The average molecular weight is 430 g/mol. The Morgan fingerprint density at radius 3 is 1.73 bits per heavy atom. The van der Waals surface area contributed by atoms with Crippen molar-refractivity contribution in [1.29, 1.82) is 0 Å². The van der Waals surface area contributed by atoms with Crippen molar-refractivity contribution in [3.05, 3.63) is 0 Å². The molecule has 3 unspecified atom stereocenters. The summed E-state index contributed by atoms with van der Waals surface area (Å²) in [6.07, 6.45) is 9.09. The van der Waals surface area contributed by atoms with E-state index in [1.54, 1.807) is 0 Å². The van der Waals surface area contributed by atoms with Crippen molar-refractivity contribution < 1.29 is 29.0 Å². The number of carbonyl (C=O) groups excluding carboxylic acids is 3. The number of hydrogen-bond acceptors (Lipinski definition) is 6. The number of rotatable bonds is 17. The number of hydrogen-bond donors (Lipinski definition) is 2. The van der Waals surface area contributed by atoms with Crippen molar-refractivity contribution in [2.24, 2.45) is 5.92 Å². The van der Waals surface area contributed by atoms with Crippen molar-refractivity contribution in [3.63, 3.8) is 0 Å². The zero-order valence-electron chi connectivity index (χ0n) is 19.6. The standard InChI is InChI=1S/C23H43NO6/c1-17(2)14-12-10-8-6-7-9-11-13-15-22(30-20(5)27)23(28)21(24-18(3)25)16-29-19(4)26/h17,21-23,28H,6-16H2,1-5H3,(H,24,25). The van der Waals surface area contributed by atoms with E-state index >= 15 is 0 Å². The summed E-state index contributed by atoms with van der Waals surface area (Å²) in [6.45, 7) is 8.20. The molecule has 176 valence electrons. The highest BCUT2D eigenvalue weighted by atomic mass is 16.6. The third-order valence-electron chi connectivity index (χ3n) is 4.99. The van der Waals surface area contributed by atoms with Gasteiger partial charge in [-0.25, -0.2) is 0 Å². The largest absolute Gasteiger partial charge is 0.464 e. The van der Waals surface area contributed by atoms with Crippen molar-refractivity contribution in [1.82, 2.24) is 5.32 Å². The van der Waals surface area contributed by atoms with Crippen LogP contribution in [0.1, 0.15) is 98.8 Å². The summed E-state index contributed by atoms with van der Waals surface area (Å²) in [6, 6.07) is -0.832. The van der Waals surface area contributed by atoms with Gasteiger partial charge in [0.15, 0.2) is 0 Å². The van der Waals surface area contributed by atoms with Crippen LogP contribution < -0.4 is 5.32 Å². The smallest absolute Gasteiger partial charge is 0.302 e. The molecule has 0 aliphatic carbocycles. The molecule has 7 heteroatoms. The Kier molecular flexibility index (Phi) is 16.2. The highest BCUT2D eigenvalue weighted by Crippen LogP contribution is 2.17. The van der Waals surface area contributed by atoms with Gasteiger partial charge in [0.1, 0.15) is 18.8 Å². The Bertz CT molecular complexity index is 494. The second-order valence-electron chi connectivity index (χ2n) is 8.55. The van der Waals surface area contributed by atoms with Crippen LogP contribution in [0.25, 0.3) is 0 Å². The summed E-state index contributed by atoms with van der Waals surface area (Å²) >= 11 is 0. The van der Waals surface area contributed by atoms with Crippen LogP contribution in [0.2, 0.25) is 0 Å². The molecule has 0 heterocycles. The van der Waals surface area contributed by atoms with Gasteiger partial charge in [-0.3, -0.25) is 14.4 Å². The van der Waals surface area contributed by atoms with Crippen molar-refractivity contribution >= 4 is 17.8 Å². The SMILES string of the molecule is CC(=O)NC(COC(C)=O)C(O)C(CCCCCCCCCCC(C)C)OC(C)=O. The molecule has 0 aromatic heterocycles. The third-order valence-corrected chi connectivity index (χ3v) is 4.99. The Labute approximate surface area is 182 Å². The molecule has 0 aliphatic heterocycles. The number of unbranched alkanes of at least 4 members (excludes halogenated alkanes) is 7. The van der Waals surface area contributed by atoms with Crippen LogP contribution in [0.4, 0.5) is 0 Å². The molecule has 1 amide bonds. The molecular weight excluding hydrogens is 386 g/mol. The molecule has 30 heavy (non-hydrogen) atoms. The topological polar surface area (TPSA) is 102 Å². The monoisotopic (exact) mass is 429 g/mol. The van der Waals surface area contributed by atoms with Crippen LogP contribution in [0.3, 0.4) is 0 Å². The Balaban J connectivity index is 4.36. The first-order valence-corrected chi connectivity index (χ1v) is 11.4. The van der Waals surface area contributed by atoms with E-state index in [1.165, 1.54) is 59.3 Å². The maximum absolute atomic E-state index is 11.5. The molecule has 0 aliphatic rings. The average Bonchev–Trinajstić information content (AvgIpc) is 2.64. The molecule has 0 saturated carbocycles. The molecule has 7 nitrogen and oxygen atoms in total. The van der Waals surface area contributed by atoms with E-state index in [4.69, 9.17) is 9.47 Å². The van der Waals surface area contributed by atoms with Crippen LogP contribution in [0.15, 0.2) is 0 Å². The summed E-state index contributed by atoms with van der Waals surface area (Å²) in [4.78, 5) is 34.0. The number of amides is 1. The van der Waals surface area contributed by atoms with Gasteiger partial charge < -0.3 is 19.9 Å². The maximum atomic E-state index is 11.5. The minimum absolute atomic E-state index is 0.176.